The zero-order valence-electron chi connectivity index (χ0n) is 17.8. The molecule has 0 atom stereocenters. The van der Waals surface area contributed by atoms with Crippen molar-refractivity contribution in [3.05, 3.63) is 75.5 Å². The van der Waals surface area contributed by atoms with Crippen molar-refractivity contribution in [3.8, 4) is 0 Å². The first-order valence-electron chi connectivity index (χ1n) is 11.0. The predicted molar refractivity (Wildman–Crippen MR) is 118 cm³/mol. The Kier molecular flexibility index (Phi) is 5.53. The molecular formula is C24H23FN4O4. The van der Waals surface area contributed by atoms with Crippen LogP contribution in [0.2, 0.25) is 0 Å². The fourth-order valence-electron chi connectivity index (χ4n) is 3.99. The molecule has 0 radical (unpaired) electrons. The monoisotopic (exact) mass is 450 g/mol. The van der Waals surface area contributed by atoms with E-state index in [1.165, 1.54) is 12.1 Å². The van der Waals surface area contributed by atoms with Crippen LogP contribution in [0.1, 0.15) is 34.5 Å². The summed E-state index contributed by atoms with van der Waals surface area (Å²) in [5.41, 5.74) is 1.09. The van der Waals surface area contributed by atoms with Crippen LogP contribution in [0.5, 0.6) is 0 Å². The third-order valence-electron chi connectivity index (χ3n) is 5.99. The van der Waals surface area contributed by atoms with Gasteiger partial charge in [0.15, 0.2) is 0 Å². The van der Waals surface area contributed by atoms with E-state index in [1.54, 1.807) is 23.1 Å². The molecule has 1 aliphatic carbocycles. The Balaban J connectivity index is 1.24. The Morgan fingerprint density at radius 3 is 2.67 bits per heavy atom. The fourth-order valence-corrected chi connectivity index (χ4v) is 3.99. The highest BCUT2D eigenvalue weighted by atomic mass is 19.1. The highest BCUT2D eigenvalue weighted by Crippen LogP contribution is 2.24. The number of nitrogens with zero attached hydrogens (tertiary/aromatic N) is 2. The number of nitrogens with one attached hydrogen (secondary N) is 2. The Bertz CT molecular complexity index is 1280. The number of benzene rings is 2. The fraction of sp³-hybridized carbons (Fsp3) is 0.333. The first kappa shape index (κ1) is 21.1. The van der Waals surface area contributed by atoms with Crippen molar-refractivity contribution in [3.63, 3.8) is 0 Å². The highest BCUT2D eigenvalue weighted by Gasteiger charge is 2.33. The van der Waals surface area contributed by atoms with Crippen LogP contribution in [-0.2, 0) is 11.2 Å². The average molecular weight is 450 g/mol. The number of rotatable bonds is 6. The number of halogens is 1. The van der Waals surface area contributed by atoms with Crippen LogP contribution >= 0.6 is 0 Å². The van der Waals surface area contributed by atoms with Gasteiger partial charge in [0.1, 0.15) is 11.9 Å². The molecule has 5 rings (SSSR count). The molecule has 3 aromatic rings. The van der Waals surface area contributed by atoms with E-state index in [9.17, 15) is 18.8 Å². The molecule has 170 valence electrons. The van der Waals surface area contributed by atoms with E-state index < -0.39 is 11.9 Å². The van der Waals surface area contributed by atoms with Gasteiger partial charge in [0.2, 0.25) is 0 Å². The molecule has 0 unspecified atom stereocenters. The Morgan fingerprint density at radius 2 is 1.91 bits per heavy atom. The van der Waals surface area contributed by atoms with Crippen LogP contribution in [0.15, 0.2) is 47.3 Å². The van der Waals surface area contributed by atoms with Gasteiger partial charge in [-0.15, -0.1) is 0 Å². The first-order chi connectivity index (χ1) is 16.0. The number of amides is 2. The topological polar surface area (TPSA) is 104 Å². The van der Waals surface area contributed by atoms with Gasteiger partial charge in [-0.3, -0.25) is 9.59 Å². The van der Waals surface area contributed by atoms with Crippen LogP contribution < -0.4 is 10.9 Å². The molecular weight excluding hydrogens is 427 g/mol. The number of fused-ring (bicyclic) bond motifs is 1. The zero-order valence-corrected chi connectivity index (χ0v) is 17.8. The zero-order chi connectivity index (χ0) is 22.9. The Hall–Kier alpha value is -3.75. The van der Waals surface area contributed by atoms with Gasteiger partial charge in [0.05, 0.1) is 16.6 Å². The van der Waals surface area contributed by atoms with Crippen LogP contribution in [0.25, 0.3) is 10.8 Å². The second-order valence-corrected chi connectivity index (χ2v) is 8.60. The molecule has 33 heavy (non-hydrogen) atoms. The molecule has 1 saturated carbocycles. The second-order valence-electron chi connectivity index (χ2n) is 8.60. The SMILES string of the molecule is O=C(NCC1CN(C(=O)c2cc(Cc3n[nH]c(=O)c4ccccc34)ccc2F)C1)OC1CC1. The maximum atomic E-state index is 14.5. The lowest BCUT2D eigenvalue weighted by Gasteiger charge is -2.39. The van der Waals surface area contributed by atoms with Crippen molar-refractivity contribution in [2.75, 3.05) is 19.6 Å². The number of H-pyrrole nitrogens is 1. The molecule has 8 nitrogen and oxygen atoms in total. The Morgan fingerprint density at radius 1 is 1.15 bits per heavy atom. The third kappa shape index (κ3) is 4.57. The maximum absolute atomic E-state index is 14.5. The van der Waals surface area contributed by atoms with Crippen molar-refractivity contribution in [2.45, 2.75) is 25.4 Å². The second kappa shape index (κ2) is 8.65. The number of hydrogen-bond acceptors (Lipinski definition) is 5. The molecule has 0 spiro atoms. The number of aromatic nitrogens is 2. The standard InChI is InChI=1S/C24H23FN4O4/c25-20-8-5-14(10-21-17-3-1-2-4-18(17)22(30)28-27-21)9-19(20)23(31)29-12-15(13-29)11-26-24(32)33-16-6-7-16/h1-5,8-9,15-16H,6-7,10-13H2,(H,26,32)(H,28,30). The molecule has 2 aromatic carbocycles. The molecule has 2 aliphatic rings. The van der Waals surface area contributed by atoms with Crippen molar-refractivity contribution in [2.24, 2.45) is 5.92 Å². The minimum atomic E-state index is -0.586. The van der Waals surface area contributed by atoms with Gasteiger partial charge in [-0.25, -0.2) is 14.3 Å². The van der Waals surface area contributed by atoms with E-state index in [-0.39, 0.29) is 29.1 Å². The molecule has 9 heteroatoms. The third-order valence-corrected chi connectivity index (χ3v) is 5.99. The van der Waals surface area contributed by atoms with Gasteiger partial charge in [-0.05, 0) is 36.6 Å². The van der Waals surface area contributed by atoms with E-state index in [0.717, 1.165) is 18.2 Å². The van der Waals surface area contributed by atoms with Crippen LogP contribution in [0.4, 0.5) is 9.18 Å². The summed E-state index contributed by atoms with van der Waals surface area (Å²) in [5, 5.41) is 10.6. The maximum Gasteiger partial charge on any atom is 0.407 e. The van der Waals surface area contributed by atoms with Gasteiger partial charge < -0.3 is 15.0 Å². The molecule has 1 aliphatic heterocycles. The van der Waals surface area contributed by atoms with E-state index in [1.807, 2.05) is 12.1 Å². The lowest BCUT2D eigenvalue weighted by Crippen LogP contribution is -2.54. The molecule has 1 saturated heterocycles. The van der Waals surface area contributed by atoms with E-state index >= 15 is 0 Å². The summed E-state index contributed by atoms with van der Waals surface area (Å²) in [7, 11) is 0. The largest absolute Gasteiger partial charge is 0.446 e. The van der Waals surface area contributed by atoms with Gasteiger partial charge in [0.25, 0.3) is 11.5 Å². The van der Waals surface area contributed by atoms with Crippen molar-refractivity contribution >= 4 is 22.8 Å². The minimum Gasteiger partial charge on any atom is -0.446 e. The summed E-state index contributed by atoms with van der Waals surface area (Å²) in [6.45, 7) is 1.31. The normalized spacial score (nSPS) is 15.8. The quantitative estimate of drug-likeness (QED) is 0.601. The number of likely N-dealkylation sites (tertiary alicyclic amines) is 1. The predicted octanol–water partition coefficient (Wildman–Crippen LogP) is 2.61. The molecule has 2 N–H and O–H groups in total. The van der Waals surface area contributed by atoms with E-state index in [2.05, 4.69) is 15.5 Å². The van der Waals surface area contributed by atoms with Crippen LogP contribution in [-0.4, -0.2) is 52.8 Å². The number of carbonyl (C=O) groups excluding carboxylic acids is 2. The van der Waals surface area contributed by atoms with Crippen molar-refractivity contribution < 1.29 is 18.7 Å². The molecule has 0 bridgehead atoms. The van der Waals surface area contributed by atoms with Gasteiger partial charge in [0, 0.05) is 37.4 Å². The number of hydrogen-bond donors (Lipinski definition) is 2. The summed E-state index contributed by atoms with van der Waals surface area (Å²) in [5.74, 6) is -0.855. The molecule has 2 amide bonds. The smallest absolute Gasteiger partial charge is 0.407 e. The first-order valence-corrected chi connectivity index (χ1v) is 11.0. The Labute approximate surface area is 188 Å². The van der Waals surface area contributed by atoms with Gasteiger partial charge >= 0.3 is 6.09 Å². The molecule has 1 aromatic heterocycles. The number of aromatic amines is 1. The summed E-state index contributed by atoms with van der Waals surface area (Å²) < 4.78 is 19.6. The summed E-state index contributed by atoms with van der Waals surface area (Å²) >= 11 is 0. The number of alkyl carbamates (subject to hydrolysis) is 1. The molecule has 2 fully saturated rings. The van der Waals surface area contributed by atoms with E-state index in [0.29, 0.717) is 42.7 Å². The molecule has 2 heterocycles. The van der Waals surface area contributed by atoms with Crippen molar-refractivity contribution in [1.82, 2.24) is 20.4 Å². The average Bonchev–Trinajstić information content (AvgIpc) is 3.60. The summed E-state index contributed by atoms with van der Waals surface area (Å²) in [6.07, 6.45) is 1.79. The lowest BCUT2D eigenvalue weighted by molar-refractivity contribution is 0.0492. The summed E-state index contributed by atoms with van der Waals surface area (Å²) in [6, 6.07) is 11.6. The summed E-state index contributed by atoms with van der Waals surface area (Å²) in [4.78, 5) is 38.0. The van der Waals surface area contributed by atoms with Gasteiger partial charge in [-0.2, -0.15) is 5.10 Å². The van der Waals surface area contributed by atoms with Crippen molar-refractivity contribution in [1.29, 1.82) is 0 Å². The minimum absolute atomic E-state index is 0.000725. The number of carbonyl (C=O) groups is 2. The number of ether oxygens (including phenoxy) is 1. The highest BCUT2D eigenvalue weighted by molar-refractivity contribution is 5.95. The lowest BCUT2D eigenvalue weighted by atomic mass is 9.97. The van der Waals surface area contributed by atoms with E-state index in [4.69, 9.17) is 4.74 Å². The van der Waals surface area contributed by atoms with Gasteiger partial charge in [-0.1, -0.05) is 24.3 Å². The van der Waals surface area contributed by atoms with Crippen LogP contribution in [0, 0.1) is 11.7 Å². The van der Waals surface area contributed by atoms with Crippen LogP contribution in [0.3, 0.4) is 0 Å².